The highest BCUT2D eigenvalue weighted by Crippen LogP contribution is 2.27. The maximum absolute atomic E-state index is 4.34. The molecule has 0 aliphatic rings. The Morgan fingerprint density at radius 1 is 0.929 bits per heavy atom. The normalized spacial score (nSPS) is 10.1. The standard InChI is InChI=1S/C10H8N2S2/c13-8-4-6-12-9(10(8)14)7-3-1-2-5-11-7/h1-6,14H,(H,12,13). The monoisotopic (exact) mass is 220 g/mol. The van der Waals surface area contributed by atoms with Crippen molar-refractivity contribution in [2.24, 2.45) is 0 Å². The smallest absolute Gasteiger partial charge is 0.103 e. The molecule has 2 aromatic heterocycles. The van der Waals surface area contributed by atoms with Gasteiger partial charge in [0.1, 0.15) is 5.69 Å². The summed E-state index contributed by atoms with van der Waals surface area (Å²) >= 11 is 8.62. The van der Waals surface area contributed by atoms with Crippen LogP contribution in [0.1, 0.15) is 0 Å². The Morgan fingerprint density at radius 3 is 2.50 bits per heavy atom. The zero-order valence-electron chi connectivity index (χ0n) is 7.25. The zero-order valence-corrected chi connectivity index (χ0v) is 9.04. The Balaban J connectivity index is 2.58. The van der Waals surface area contributed by atoms with Crippen molar-refractivity contribution in [3.63, 3.8) is 0 Å². The summed E-state index contributed by atoms with van der Waals surface area (Å²) in [6.07, 6.45) is 3.43. The second-order valence-corrected chi connectivity index (χ2v) is 3.67. The highest BCUT2D eigenvalue weighted by atomic mass is 32.1. The molecule has 0 spiro atoms. The maximum atomic E-state index is 4.34. The molecule has 0 unspecified atom stereocenters. The average molecular weight is 220 g/mol. The quantitative estimate of drug-likeness (QED) is 0.723. The van der Waals surface area contributed by atoms with Crippen molar-refractivity contribution in [2.45, 2.75) is 9.79 Å². The minimum absolute atomic E-state index is 0.759. The minimum Gasteiger partial charge on any atom is -0.255 e. The van der Waals surface area contributed by atoms with E-state index < -0.39 is 0 Å². The molecule has 0 bridgehead atoms. The Bertz CT molecular complexity index is 443. The Morgan fingerprint density at radius 2 is 1.79 bits per heavy atom. The van der Waals surface area contributed by atoms with Gasteiger partial charge in [0.2, 0.25) is 0 Å². The third kappa shape index (κ3) is 1.76. The lowest BCUT2D eigenvalue weighted by atomic mass is 10.2. The molecule has 2 nitrogen and oxygen atoms in total. The van der Waals surface area contributed by atoms with E-state index in [2.05, 4.69) is 35.2 Å². The number of rotatable bonds is 1. The Kier molecular flexibility index (Phi) is 2.74. The summed E-state index contributed by atoms with van der Waals surface area (Å²) in [6, 6.07) is 7.49. The molecule has 4 heteroatoms. The van der Waals surface area contributed by atoms with Crippen molar-refractivity contribution in [3.05, 3.63) is 36.7 Å². The van der Waals surface area contributed by atoms with Crippen LogP contribution in [-0.2, 0) is 0 Å². The molecule has 0 N–H and O–H groups in total. The van der Waals surface area contributed by atoms with Crippen LogP contribution < -0.4 is 0 Å². The molecular formula is C10H8N2S2. The number of hydrogen-bond donors (Lipinski definition) is 2. The molecule has 2 aromatic rings. The lowest BCUT2D eigenvalue weighted by molar-refractivity contribution is 1.12. The van der Waals surface area contributed by atoms with E-state index in [-0.39, 0.29) is 0 Å². The molecule has 0 amide bonds. The molecule has 0 radical (unpaired) electrons. The molecule has 2 heterocycles. The highest BCUT2D eigenvalue weighted by Gasteiger charge is 2.06. The first-order valence-corrected chi connectivity index (χ1v) is 4.97. The Labute approximate surface area is 93.2 Å². The average Bonchev–Trinajstić information content (AvgIpc) is 2.23. The molecule has 0 saturated carbocycles. The summed E-state index contributed by atoms with van der Waals surface area (Å²) < 4.78 is 0. The number of aromatic nitrogens is 2. The summed E-state index contributed by atoms with van der Waals surface area (Å²) in [5, 5.41) is 0. The largest absolute Gasteiger partial charge is 0.255 e. The lowest BCUT2D eigenvalue weighted by Crippen LogP contribution is -1.88. The number of thiol groups is 2. The van der Waals surface area contributed by atoms with Gasteiger partial charge in [-0.1, -0.05) is 6.07 Å². The van der Waals surface area contributed by atoms with Crippen molar-refractivity contribution in [1.29, 1.82) is 0 Å². The summed E-state index contributed by atoms with van der Waals surface area (Å²) in [5.74, 6) is 0. The fourth-order valence-electron chi connectivity index (χ4n) is 1.13. The second kappa shape index (κ2) is 4.02. The van der Waals surface area contributed by atoms with E-state index in [0.29, 0.717) is 0 Å². The van der Waals surface area contributed by atoms with Crippen molar-refractivity contribution >= 4 is 25.3 Å². The van der Waals surface area contributed by atoms with Gasteiger partial charge in [-0.2, -0.15) is 0 Å². The predicted molar refractivity (Wildman–Crippen MR) is 62.0 cm³/mol. The van der Waals surface area contributed by atoms with Gasteiger partial charge in [-0.25, -0.2) is 0 Å². The van der Waals surface area contributed by atoms with Gasteiger partial charge in [0.25, 0.3) is 0 Å². The number of nitrogens with zero attached hydrogens (tertiary/aromatic N) is 2. The van der Waals surface area contributed by atoms with E-state index in [1.54, 1.807) is 18.5 Å². The van der Waals surface area contributed by atoms with Crippen LogP contribution in [-0.4, -0.2) is 9.97 Å². The summed E-state index contributed by atoms with van der Waals surface area (Å²) in [4.78, 5) is 10.00. The van der Waals surface area contributed by atoms with Crippen LogP contribution in [0, 0.1) is 0 Å². The molecule has 70 valence electrons. The molecule has 0 fully saturated rings. The van der Waals surface area contributed by atoms with Gasteiger partial charge in [-0.15, -0.1) is 25.3 Å². The van der Waals surface area contributed by atoms with Gasteiger partial charge in [-0.3, -0.25) is 9.97 Å². The third-order valence-corrected chi connectivity index (χ3v) is 2.81. The first-order valence-electron chi connectivity index (χ1n) is 4.07. The Hall–Kier alpha value is -1.00. The number of pyridine rings is 2. The van der Waals surface area contributed by atoms with Crippen LogP contribution in [0.5, 0.6) is 0 Å². The van der Waals surface area contributed by atoms with E-state index in [0.717, 1.165) is 21.2 Å². The molecule has 0 saturated heterocycles. The first kappa shape index (κ1) is 9.55. The summed E-state index contributed by atoms with van der Waals surface area (Å²) in [6.45, 7) is 0. The second-order valence-electron chi connectivity index (χ2n) is 2.74. The van der Waals surface area contributed by atoms with E-state index in [4.69, 9.17) is 0 Å². The molecule has 0 atom stereocenters. The molecule has 2 rings (SSSR count). The van der Waals surface area contributed by atoms with Gasteiger partial charge in [0.15, 0.2) is 0 Å². The van der Waals surface area contributed by atoms with Crippen molar-refractivity contribution in [2.75, 3.05) is 0 Å². The van der Waals surface area contributed by atoms with E-state index in [1.807, 2.05) is 18.2 Å². The van der Waals surface area contributed by atoms with Crippen LogP contribution in [0.2, 0.25) is 0 Å². The van der Waals surface area contributed by atoms with Crippen LogP contribution >= 0.6 is 25.3 Å². The molecule has 0 aliphatic heterocycles. The summed E-state index contributed by atoms with van der Waals surface area (Å²) in [5.41, 5.74) is 1.58. The van der Waals surface area contributed by atoms with Gasteiger partial charge < -0.3 is 0 Å². The van der Waals surface area contributed by atoms with Gasteiger partial charge in [0.05, 0.1) is 5.69 Å². The lowest BCUT2D eigenvalue weighted by Gasteiger charge is -2.04. The van der Waals surface area contributed by atoms with Crippen LogP contribution in [0.15, 0.2) is 46.5 Å². The van der Waals surface area contributed by atoms with Crippen LogP contribution in [0.25, 0.3) is 11.4 Å². The minimum atomic E-state index is 0.759. The maximum Gasteiger partial charge on any atom is 0.103 e. The van der Waals surface area contributed by atoms with Gasteiger partial charge in [0, 0.05) is 22.2 Å². The van der Waals surface area contributed by atoms with E-state index in [9.17, 15) is 0 Å². The molecule has 14 heavy (non-hydrogen) atoms. The first-order chi connectivity index (χ1) is 6.79. The SMILES string of the molecule is Sc1ccnc(-c2ccccn2)c1S. The van der Waals surface area contributed by atoms with Crippen molar-refractivity contribution < 1.29 is 0 Å². The predicted octanol–water partition coefficient (Wildman–Crippen LogP) is 2.72. The molecule has 0 aliphatic carbocycles. The van der Waals surface area contributed by atoms with Gasteiger partial charge >= 0.3 is 0 Å². The van der Waals surface area contributed by atoms with Crippen molar-refractivity contribution in [3.8, 4) is 11.4 Å². The van der Waals surface area contributed by atoms with Crippen LogP contribution in [0.3, 0.4) is 0 Å². The van der Waals surface area contributed by atoms with E-state index in [1.165, 1.54) is 0 Å². The van der Waals surface area contributed by atoms with E-state index >= 15 is 0 Å². The van der Waals surface area contributed by atoms with Gasteiger partial charge in [-0.05, 0) is 18.2 Å². The fourth-order valence-corrected chi connectivity index (χ4v) is 1.55. The molecular weight excluding hydrogens is 212 g/mol. The van der Waals surface area contributed by atoms with Crippen molar-refractivity contribution in [1.82, 2.24) is 9.97 Å². The number of hydrogen-bond acceptors (Lipinski definition) is 4. The van der Waals surface area contributed by atoms with Crippen LogP contribution in [0.4, 0.5) is 0 Å². The zero-order chi connectivity index (χ0) is 9.97. The molecule has 0 aromatic carbocycles. The summed E-state index contributed by atoms with van der Waals surface area (Å²) in [7, 11) is 0. The fraction of sp³-hybridized carbons (Fsp3) is 0. The topological polar surface area (TPSA) is 25.8 Å². The third-order valence-electron chi connectivity index (χ3n) is 1.81. The highest BCUT2D eigenvalue weighted by molar-refractivity contribution is 7.83.